The van der Waals surface area contributed by atoms with Gasteiger partial charge in [0, 0.05) is 24.7 Å². The second kappa shape index (κ2) is 7.85. The third-order valence-corrected chi connectivity index (χ3v) is 8.50. The van der Waals surface area contributed by atoms with E-state index in [1.165, 1.54) is 0 Å². The highest BCUT2D eigenvalue weighted by Gasteiger charge is 2.36. The number of carbonyl (C=O) groups excluding carboxylic acids is 2. The molecule has 3 aliphatic rings. The highest BCUT2D eigenvalue weighted by molar-refractivity contribution is 7.92. The third-order valence-electron chi connectivity index (χ3n) is 6.22. The summed E-state index contributed by atoms with van der Waals surface area (Å²) in [6.45, 7) is 1.22. The van der Waals surface area contributed by atoms with Crippen LogP contribution in [-0.2, 0) is 19.4 Å². The average Bonchev–Trinajstić information content (AvgIpc) is 3.40. The Morgan fingerprint density at radius 3 is 2.21 bits per heavy atom. The van der Waals surface area contributed by atoms with Crippen LogP contribution in [0.15, 0.2) is 29.2 Å². The van der Waals surface area contributed by atoms with Crippen molar-refractivity contribution < 1.29 is 18.0 Å². The van der Waals surface area contributed by atoms with Crippen molar-refractivity contribution in [3.05, 3.63) is 24.3 Å². The first-order chi connectivity index (χ1) is 13.4. The van der Waals surface area contributed by atoms with Gasteiger partial charge in [-0.15, -0.1) is 0 Å². The zero-order chi connectivity index (χ0) is 19.7. The van der Waals surface area contributed by atoms with Gasteiger partial charge in [0.05, 0.1) is 16.1 Å². The van der Waals surface area contributed by atoms with Crippen molar-refractivity contribution >= 4 is 27.3 Å². The topological polar surface area (TPSA) is 83.6 Å². The molecule has 1 aliphatic heterocycles. The minimum Gasteiger partial charge on any atom is -0.342 e. The summed E-state index contributed by atoms with van der Waals surface area (Å²) in [5.41, 5.74) is 0.598. The number of benzene rings is 1. The molecule has 0 bridgehead atoms. The molecule has 1 atom stereocenters. The van der Waals surface area contributed by atoms with Crippen LogP contribution in [0.4, 0.5) is 5.69 Å². The largest absolute Gasteiger partial charge is 0.342 e. The Hall–Kier alpha value is -1.89. The van der Waals surface area contributed by atoms with Gasteiger partial charge in [0.25, 0.3) is 0 Å². The summed E-state index contributed by atoms with van der Waals surface area (Å²) in [4.78, 5) is 27.1. The Morgan fingerprint density at radius 2 is 1.57 bits per heavy atom. The third kappa shape index (κ3) is 4.09. The Bertz CT molecular complexity index is 840. The maximum atomic E-state index is 12.7. The molecular weight excluding hydrogens is 376 g/mol. The number of hydrogen-bond acceptors (Lipinski definition) is 4. The van der Waals surface area contributed by atoms with Crippen LogP contribution in [0.2, 0.25) is 0 Å². The monoisotopic (exact) mass is 404 g/mol. The van der Waals surface area contributed by atoms with Crippen LogP contribution in [0, 0.1) is 11.8 Å². The molecular formula is C21H28N2O4S. The van der Waals surface area contributed by atoms with Crippen LogP contribution in [0.25, 0.3) is 0 Å². The Balaban J connectivity index is 1.37. The molecule has 2 aliphatic carbocycles. The number of carbonyl (C=O) groups is 2. The Labute approximate surface area is 166 Å². The van der Waals surface area contributed by atoms with Crippen molar-refractivity contribution in [2.75, 3.05) is 18.4 Å². The molecule has 1 heterocycles. The van der Waals surface area contributed by atoms with Crippen molar-refractivity contribution in [2.45, 2.75) is 61.5 Å². The summed E-state index contributed by atoms with van der Waals surface area (Å²) in [7, 11) is -3.28. The fraction of sp³-hybridized carbons (Fsp3) is 0.619. The summed E-state index contributed by atoms with van der Waals surface area (Å²) >= 11 is 0. The highest BCUT2D eigenvalue weighted by atomic mass is 32.2. The normalized spacial score (nSPS) is 23.6. The second-order valence-corrected chi connectivity index (χ2v) is 10.6. The zero-order valence-electron chi connectivity index (χ0n) is 16.1. The average molecular weight is 405 g/mol. The van der Waals surface area contributed by atoms with E-state index >= 15 is 0 Å². The van der Waals surface area contributed by atoms with Crippen LogP contribution >= 0.6 is 0 Å². The summed E-state index contributed by atoms with van der Waals surface area (Å²) < 4.78 is 25.3. The van der Waals surface area contributed by atoms with Gasteiger partial charge in [0.1, 0.15) is 0 Å². The maximum absolute atomic E-state index is 12.7. The van der Waals surface area contributed by atoms with Gasteiger partial charge in [-0.05, 0) is 62.8 Å². The van der Waals surface area contributed by atoms with Crippen LogP contribution < -0.4 is 5.32 Å². The summed E-state index contributed by atoms with van der Waals surface area (Å²) in [5, 5.41) is 2.62. The van der Waals surface area contributed by atoms with Crippen molar-refractivity contribution in [1.82, 2.24) is 4.90 Å². The maximum Gasteiger partial charge on any atom is 0.229 e. The predicted molar refractivity (Wildman–Crippen MR) is 107 cm³/mol. The van der Waals surface area contributed by atoms with Gasteiger partial charge >= 0.3 is 0 Å². The van der Waals surface area contributed by atoms with E-state index in [4.69, 9.17) is 0 Å². The summed E-state index contributed by atoms with van der Waals surface area (Å²) in [6, 6.07) is 6.51. The molecule has 2 amide bonds. The number of rotatable bonds is 5. The highest BCUT2D eigenvalue weighted by Crippen LogP contribution is 2.33. The van der Waals surface area contributed by atoms with E-state index in [1.54, 1.807) is 24.3 Å². The Morgan fingerprint density at radius 1 is 0.893 bits per heavy atom. The smallest absolute Gasteiger partial charge is 0.229 e. The lowest BCUT2D eigenvalue weighted by molar-refractivity contribution is -0.135. The van der Waals surface area contributed by atoms with Gasteiger partial charge in [-0.3, -0.25) is 9.59 Å². The second-order valence-electron chi connectivity index (χ2n) is 8.36. The minimum atomic E-state index is -3.28. The molecule has 0 spiro atoms. The number of nitrogens with one attached hydrogen (secondary N) is 1. The molecule has 0 radical (unpaired) electrons. The molecule has 152 valence electrons. The van der Waals surface area contributed by atoms with Crippen molar-refractivity contribution in [1.29, 1.82) is 0 Å². The van der Waals surface area contributed by atoms with E-state index in [0.29, 0.717) is 17.1 Å². The number of anilines is 1. The van der Waals surface area contributed by atoms with Gasteiger partial charge in [0.2, 0.25) is 11.8 Å². The molecule has 1 N–H and O–H groups in total. The fourth-order valence-corrected chi connectivity index (χ4v) is 6.20. The van der Waals surface area contributed by atoms with Crippen LogP contribution in [0.3, 0.4) is 0 Å². The predicted octanol–water partition coefficient (Wildman–Crippen LogP) is 2.99. The van der Waals surface area contributed by atoms with Crippen LogP contribution in [0.1, 0.15) is 51.4 Å². The first-order valence-electron chi connectivity index (χ1n) is 10.4. The molecule has 7 heteroatoms. The van der Waals surface area contributed by atoms with E-state index in [-0.39, 0.29) is 28.9 Å². The van der Waals surface area contributed by atoms with E-state index < -0.39 is 9.84 Å². The number of nitrogens with zero attached hydrogens (tertiary/aromatic N) is 1. The molecule has 1 saturated heterocycles. The van der Waals surface area contributed by atoms with Crippen LogP contribution in [-0.4, -0.2) is 43.5 Å². The molecule has 6 nitrogen and oxygen atoms in total. The summed E-state index contributed by atoms with van der Waals surface area (Å²) in [5.74, 6) is 0.0631. The SMILES string of the molecule is O=C(Nc1ccc(S(=O)(=O)C2CCCC2)cc1)C1CCCN(C(=O)C2CC2)C1. The van der Waals surface area contributed by atoms with Gasteiger partial charge in [-0.25, -0.2) is 8.42 Å². The lowest BCUT2D eigenvalue weighted by Crippen LogP contribution is -2.44. The molecule has 4 rings (SSSR count). The summed E-state index contributed by atoms with van der Waals surface area (Å²) in [6.07, 6.45) is 6.98. The van der Waals surface area contributed by atoms with E-state index in [9.17, 15) is 18.0 Å². The zero-order valence-corrected chi connectivity index (χ0v) is 16.9. The molecule has 1 aromatic carbocycles. The number of likely N-dealkylation sites (tertiary alicyclic amines) is 1. The van der Waals surface area contributed by atoms with E-state index in [1.807, 2.05) is 4.90 Å². The number of amides is 2. The van der Waals surface area contributed by atoms with Gasteiger partial charge in [-0.2, -0.15) is 0 Å². The first-order valence-corrected chi connectivity index (χ1v) is 11.9. The van der Waals surface area contributed by atoms with Crippen molar-refractivity contribution in [2.24, 2.45) is 11.8 Å². The fourth-order valence-electron chi connectivity index (χ4n) is 4.34. The minimum absolute atomic E-state index is 0.0975. The molecule has 3 fully saturated rings. The van der Waals surface area contributed by atoms with Crippen molar-refractivity contribution in [3.8, 4) is 0 Å². The lowest BCUT2D eigenvalue weighted by Gasteiger charge is -2.32. The molecule has 2 saturated carbocycles. The molecule has 0 aromatic heterocycles. The first kappa shape index (κ1) is 19.4. The van der Waals surface area contributed by atoms with Gasteiger partial charge in [0.15, 0.2) is 9.84 Å². The van der Waals surface area contributed by atoms with Gasteiger partial charge < -0.3 is 10.2 Å². The number of hydrogen-bond donors (Lipinski definition) is 1. The number of sulfone groups is 1. The van der Waals surface area contributed by atoms with E-state index in [0.717, 1.165) is 57.9 Å². The number of piperidine rings is 1. The lowest BCUT2D eigenvalue weighted by atomic mass is 9.96. The quantitative estimate of drug-likeness (QED) is 0.818. The molecule has 1 aromatic rings. The van der Waals surface area contributed by atoms with Gasteiger partial charge in [-0.1, -0.05) is 12.8 Å². The Kier molecular flexibility index (Phi) is 5.45. The van der Waals surface area contributed by atoms with Crippen LogP contribution in [0.5, 0.6) is 0 Å². The molecule has 28 heavy (non-hydrogen) atoms. The van der Waals surface area contributed by atoms with Crippen molar-refractivity contribution in [3.63, 3.8) is 0 Å². The van der Waals surface area contributed by atoms with E-state index in [2.05, 4.69) is 5.32 Å². The molecule has 1 unspecified atom stereocenters. The standard InChI is InChI=1S/C21H28N2O4S/c24-20(16-4-3-13-23(14-16)21(25)15-7-8-15)22-17-9-11-19(12-10-17)28(26,27)18-5-1-2-6-18/h9-12,15-16,18H,1-8,13-14H2,(H,22,24).